The Balaban J connectivity index is 2.32. The Morgan fingerprint density at radius 1 is 1.30 bits per heavy atom. The van der Waals surface area contributed by atoms with E-state index in [1.807, 2.05) is 45.9 Å². The number of hydrogen-bond donors (Lipinski definition) is 2. The molecule has 0 fully saturated rings. The normalized spacial score (nSPS) is 10.8. The van der Waals surface area contributed by atoms with Gasteiger partial charge < -0.3 is 11.1 Å². The SMILES string of the molecule is Cc1cccc(C)c1Nc1nc(N)c(C(=O)C(C)C)s1. The number of aromatic nitrogens is 1. The van der Waals surface area contributed by atoms with Crippen LogP contribution in [-0.4, -0.2) is 10.8 Å². The minimum atomic E-state index is -0.0780. The number of carbonyl (C=O) groups is 1. The fourth-order valence-electron chi connectivity index (χ4n) is 1.94. The molecule has 0 bridgehead atoms. The van der Waals surface area contributed by atoms with Crippen molar-refractivity contribution in [3.05, 3.63) is 34.2 Å². The molecule has 1 aromatic heterocycles. The van der Waals surface area contributed by atoms with E-state index in [1.165, 1.54) is 11.3 Å². The van der Waals surface area contributed by atoms with Gasteiger partial charge in [-0.1, -0.05) is 43.4 Å². The molecule has 5 heteroatoms. The highest BCUT2D eigenvalue weighted by atomic mass is 32.1. The number of rotatable bonds is 4. The van der Waals surface area contributed by atoms with E-state index in [2.05, 4.69) is 10.3 Å². The van der Waals surface area contributed by atoms with E-state index in [4.69, 9.17) is 5.73 Å². The summed E-state index contributed by atoms with van der Waals surface area (Å²) in [6.07, 6.45) is 0. The fraction of sp³-hybridized carbons (Fsp3) is 0.333. The molecule has 3 N–H and O–H groups in total. The number of benzene rings is 1. The predicted octanol–water partition coefficient (Wildman–Crippen LogP) is 3.92. The van der Waals surface area contributed by atoms with Gasteiger partial charge in [-0.05, 0) is 25.0 Å². The number of carbonyl (C=O) groups excluding carboxylic acids is 1. The average molecular weight is 289 g/mol. The van der Waals surface area contributed by atoms with Crippen LogP contribution in [0.5, 0.6) is 0 Å². The van der Waals surface area contributed by atoms with Crippen LogP contribution in [0.3, 0.4) is 0 Å². The molecule has 1 heterocycles. The van der Waals surface area contributed by atoms with Gasteiger partial charge in [0.05, 0.1) is 0 Å². The zero-order valence-corrected chi connectivity index (χ0v) is 13.0. The molecule has 0 saturated heterocycles. The van der Waals surface area contributed by atoms with Crippen molar-refractivity contribution in [3.8, 4) is 0 Å². The maximum atomic E-state index is 12.0. The lowest BCUT2D eigenvalue weighted by molar-refractivity contribution is 0.0944. The highest BCUT2D eigenvalue weighted by Gasteiger charge is 2.19. The molecule has 0 saturated carbocycles. The lowest BCUT2D eigenvalue weighted by Gasteiger charge is -2.09. The molecule has 4 nitrogen and oxygen atoms in total. The molecule has 0 atom stereocenters. The van der Waals surface area contributed by atoms with Gasteiger partial charge in [0.2, 0.25) is 0 Å². The van der Waals surface area contributed by atoms with Gasteiger partial charge in [-0.15, -0.1) is 0 Å². The summed E-state index contributed by atoms with van der Waals surface area (Å²) in [6.45, 7) is 7.79. The van der Waals surface area contributed by atoms with E-state index in [0.29, 0.717) is 15.8 Å². The first-order chi connectivity index (χ1) is 9.40. The van der Waals surface area contributed by atoms with Crippen molar-refractivity contribution < 1.29 is 4.79 Å². The van der Waals surface area contributed by atoms with Gasteiger partial charge in [0.15, 0.2) is 10.9 Å². The van der Waals surface area contributed by atoms with Crippen LogP contribution in [0.1, 0.15) is 34.6 Å². The molecule has 0 unspecified atom stereocenters. The Labute approximate surface area is 123 Å². The second kappa shape index (κ2) is 5.63. The van der Waals surface area contributed by atoms with Crippen molar-refractivity contribution in [1.29, 1.82) is 0 Å². The van der Waals surface area contributed by atoms with Gasteiger partial charge in [-0.3, -0.25) is 4.79 Å². The molecule has 0 aliphatic rings. The van der Waals surface area contributed by atoms with E-state index < -0.39 is 0 Å². The zero-order valence-electron chi connectivity index (χ0n) is 12.2. The van der Waals surface area contributed by atoms with Crippen LogP contribution in [0.25, 0.3) is 0 Å². The number of aryl methyl sites for hydroxylation is 2. The first kappa shape index (κ1) is 14.5. The van der Waals surface area contributed by atoms with Crippen molar-refractivity contribution in [3.63, 3.8) is 0 Å². The molecule has 0 amide bonds. The molecule has 2 aromatic rings. The maximum Gasteiger partial charge on any atom is 0.189 e. The van der Waals surface area contributed by atoms with Crippen molar-refractivity contribution >= 4 is 33.8 Å². The average Bonchev–Trinajstić information content (AvgIpc) is 2.74. The Morgan fingerprint density at radius 3 is 2.45 bits per heavy atom. The lowest BCUT2D eigenvalue weighted by Crippen LogP contribution is -2.07. The monoisotopic (exact) mass is 289 g/mol. The zero-order chi connectivity index (χ0) is 14.9. The standard InChI is InChI=1S/C15H19N3OS/c1-8(2)12(19)13-14(16)18-15(20-13)17-11-9(3)6-5-7-10(11)4/h5-8H,16H2,1-4H3,(H,17,18). The lowest BCUT2D eigenvalue weighted by atomic mass is 10.1. The minimum Gasteiger partial charge on any atom is -0.382 e. The Morgan fingerprint density at radius 2 is 1.90 bits per heavy atom. The molecular weight excluding hydrogens is 270 g/mol. The Hall–Kier alpha value is -1.88. The summed E-state index contributed by atoms with van der Waals surface area (Å²) in [7, 11) is 0. The van der Waals surface area contributed by atoms with Gasteiger partial charge in [-0.25, -0.2) is 4.98 Å². The summed E-state index contributed by atoms with van der Waals surface area (Å²) in [6, 6.07) is 6.08. The highest BCUT2D eigenvalue weighted by molar-refractivity contribution is 7.18. The van der Waals surface area contributed by atoms with E-state index >= 15 is 0 Å². The number of nitrogens with one attached hydrogen (secondary N) is 1. The van der Waals surface area contributed by atoms with Crippen LogP contribution in [0, 0.1) is 19.8 Å². The summed E-state index contributed by atoms with van der Waals surface area (Å²) in [4.78, 5) is 16.8. The summed E-state index contributed by atoms with van der Waals surface area (Å²) in [5.41, 5.74) is 9.14. The minimum absolute atomic E-state index is 0.0366. The second-order valence-corrected chi connectivity index (χ2v) is 6.14. The van der Waals surface area contributed by atoms with Crippen LogP contribution in [0.15, 0.2) is 18.2 Å². The highest BCUT2D eigenvalue weighted by Crippen LogP contribution is 2.31. The van der Waals surface area contributed by atoms with Gasteiger partial charge in [0.1, 0.15) is 10.7 Å². The first-order valence-electron chi connectivity index (χ1n) is 6.54. The third kappa shape index (κ3) is 2.82. The van der Waals surface area contributed by atoms with Crippen molar-refractivity contribution in [2.45, 2.75) is 27.7 Å². The van der Waals surface area contributed by atoms with E-state index in [1.54, 1.807) is 0 Å². The number of para-hydroxylation sites is 1. The predicted molar refractivity (Wildman–Crippen MR) is 84.9 cm³/mol. The summed E-state index contributed by atoms with van der Waals surface area (Å²) >= 11 is 1.31. The Kier molecular flexibility index (Phi) is 4.09. The molecule has 1 aromatic carbocycles. The summed E-state index contributed by atoms with van der Waals surface area (Å²) in [5.74, 6) is 0.266. The summed E-state index contributed by atoms with van der Waals surface area (Å²) < 4.78 is 0. The number of Topliss-reactive ketones (excluding diaryl/α,β-unsaturated/α-hetero) is 1. The third-order valence-electron chi connectivity index (χ3n) is 3.11. The van der Waals surface area contributed by atoms with E-state index in [0.717, 1.165) is 16.8 Å². The topological polar surface area (TPSA) is 68.0 Å². The number of anilines is 3. The van der Waals surface area contributed by atoms with Crippen LogP contribution >= 0.6 is 11.3 Å². The van der Waals surface area contributed by atoms with E-state index in [9.17, 15) is 4.79 Å². The van der Waals surface area contributed by atoms with E-state index in [-0.39, 0.29) is 11.7 Å². The van der Waals surface area contributed by atoms with Crippen molar-refractivity contribution in [1.82, 2.24) is 4.98 Å². The van der Waals surface area contributed by atoms with Crippen LogP contribution in [0.4, 0.5) is 16.6 Å². The van der Waals surface area contributed by atoms with Crippen molar-refractivity contribution in [2.75, 3.05) is 11.1 Å². The molecule has 106 valence electrons. The van der Waals surface area contributed by atoms with Gasteiger partial charge >= 0.3 is 0 Å². The van der Waals surface area contributed by atoms with Crippen LogP contribution in [0.2, 0.25) is 0 Å². The smallest absolute Gasteiger partial charge is 0.189 e. The number of ketones is 1. The molecule has 2 rings (SSSR count). The van der Waals surface area contributed by atoms with Crippen molar-refractivity contribution in [2.24, 2.45) is 5.92 Å². The number of nitrogens with two attached hydrogens (primary N) is 1. The number of thiazole rings is 1. The largest absolute Gasteiger partial charge is 0.382 e. The number of hydrogen-bond acceptors (Lipinski definition) is 5. The van der Waals surface area contributed by atoms with Gasteiger partial charge in [0, 0.05) is 11.6 Å². The fourth-order valence-corrected chi connectivity index (χ4v) is 2.92. The quantitative estimate of drug-likeness (QED) is 0.837. The third-order valence-corrected chi connectivity index (χ3v) is 4.12. The Bertz CT molecular complexity index is 626. The summed E-state index contributed by atoms with van der Waals surface area (Å²) in [5, 5.41) is 3.93. The molecule has 0 aliphatic heterocycles. The second-order valence-electron chi connectivity index (χ2n) is 5.14. The van der Waals surface area contributed by atoms with Gasteiger partial charge in [0.25, 0.3) is 0 Å². The number of nitrogen functional groups attached to an aromatic ring is 1. The molecule has 0 radical (unpaired) electrons. The molecule has 20 heavy (non-hydrogen) atoms. The van der Waals surface area contributed by atoms with Crippen LogP contribution < -0.4 is 11.1 Å². The van der Waals surface area contributed by atoms with Gasteiger partial charge in [-0.2, -0.15) is 0 Å². The number of nitrogens with zero attached hydrogens (tertiary/aromatic N) is 1. The molecular formula is C15H19N3OS. The molecule has 0 aliphatic carbocycles. The molecule has 0 spiro atoms. The first-order valence-corrected chi connectivity index (χ1v) is 7.35. The van der Waals surface area contributed by atoms with Crippen LogP contribution in [-0.2, 0) is 0 Å². The maximum absolute atomic E-state index is 12.0.